The number of aliphatic hydroxyl groups excluding tert-OH is 1. The van der Waals surface area contributed by atoms with E-state index in [2.05, 4.69) is 0 Å². The predicted octanol–water partition coefficient (Wildman–Crippen LogP) is 1.31. The fourth-order valence-electron chi connectivity index (χ4n) is 2.16. The normalized spacial score (nSPS) is 20.9. The molecule has 1 N–H and O–H groups in total. The first-order valence-electron chi connectivity index (χ1n) is 6.38. The Morgan fingerprint density at radius 3 is 2.85 bits per heavy atom. The molecule has 20 heavy (non-hydrogen) atoms. The summed E-state index contributed by atoms with van der Waals surface area (Å²) in [7, 11) is -2.14. The van der Waals surface area contributed by atoms with Crippen LogP contribution in [0, 0.1) is 0 Å². The first-order chi connectivity index (χ1) is 9.48. The number of thioether (sulfide) groups is 1. The molecule has 0 radical (unpaired) electrons. The lowest BCUT2D eigenvalue weighted by Crippen LogP contribution is -2.41. The zero-order chi connectivity index (χ0) is 14.8. The molecule has 1 heterocycles. The summed E-state index contributed by atoms with van der Waals surface area (Å²) in [5, 5.41) is 9.47. The third-order valence-electron chi connectivity index (χ3n) is 3.23. The molecule has 1 aromatic carbocycles. The number of ether oxygens (including phenoxy) is 1. The zero-order valence-electron chi connectivity index (χ0n) is 11.6. The summed E-state index contributed by atoms with van der Waals surface area (Å²) in [6, 6.07) is 4.73. The summed E-state index contributed by atoms with van der Waals surface area (Å²) in [5.74, 6) is 1.11. The molecule has 0 aliphatic carbocycles. The molecule has 5 nitrogen and oxygen atoms in total. The molecule has 1 atom stereocenters. The van der Waals surface area contributed by atoms with Gasteiger partial charge in [0.1, 0.15) is 10.6 Å². The number of sulfonamides is 1. The minimum absolute atomic E-state index is 0.130. The van der Waals surface area contributed by atoms with Crippen LogP contribution in [-0.4, -0.2) is 49.0 Å². The van der Waals surface area contributed by atoms with Gasteiger partial charge in [0, 0.05) is 24.1 Å². The molecule has 0 saturated carbocycles. The van der Waals surface area contributed by atoms with Gasteiger partial charge >= 0.3 is 0 Å². The minimum atomic E-state index is -3.59. The van der Waals surface area contributed by atoms with Crippen molar-refractivity contribution in [2.24, 2.45) is 0 Å². The van der Waals surface area contributed by atoms with Crippen LogP contribution in [0.5, 0.6) is 5.75 Å². The van der Waals surface area contributed by atoms with Gasteiger partial charge in [-0.15, -0.1) is 0 Å². The molecule has 0 aromatic heterocycles. The average Bonchev–Trinajstić information content (AvgIpc) is 2.46. The van der Waals surface area contributed by atoms with Crippen molar-refractivity contribution in [3.05, 3.63) is 23.8 Å². The molecule has 1 aromatic rings. The predicted molar refractivity (Wildman–Crippen MR) is 79.6 cm³/mol. The fraction of sp³-hybridized carbons (Fsp3) is 0.538. The van der Waals surface area contributed by atoms with Crippen molar-refractivity contribution in [1.29, 1.82) is 0 Å². The van der Waals surface area contributed by atoms with Crippen molar-refractivity contribution in [1.82, 2.24) is 4.31 Å². The summed E-state index contributed by atoms with van der Waals surface area (Å²) in [6.07, 6.45) is 0. The van der Waals surface area contributed by atoms with Crippen LogP contribution in [0.1, 0.15) is 12.5 Å². The van der Waals surface area contributed by atoms with Crippen molar-refractivity contribution in [2.45, 2.75) is 23.7 Å². The van der Waals surface area contributed by atoms with Gasteiger partial charge in [0.05, 0.1) is 13.7 Å². The molecular formula is C13H19NO4S2. The van der Waals surface area contributed by atoms with Crippen molar-refractivity contribution in [2.75, 3.05) is 26.0 Å². The third-order valence-corrected chi connectivity index (χ3v) is 6.25. The second-order valence-electron chi connectivity index (χ2n) is 4.69. The first-order valence-corrected chi connectivity index (χ1v) is 8.87. The van der Waals surface area contributed by atoms with Crippen molar-refractivity contribution in [3.8, 4) is 5.75 Å². The van der Waals surface area contributed by atoms with Gasteiger partial charge in [-0.05, 0) is 17.7 Å². The summed E-state index contributed by atoms with van der Waals surface area (Å²) in [6.45, 7) is 2.83. The van der Waals surface area contributed by atoms with Crippen LogP contribution in [0.2, 0.25) is 0 Å². The van der Waals surface area contributed by atoms with Crippen LogP contribution in [-0.2, 0) is 16.6 Å². The third kappa shape index (κ3) is 3.11. The lowest BCUT2D eigenvalue weighted by Gasteiger charge is -2.30. The number of hydrogen-bond donors (Lipinski definition) is 1. The fourth-order valence-corrected chi connectivity index (χ4v) is 5.12. The van der Waals surface area contributed by atoms with E-state index in [1.54, 1.807) is 23.9 Å². The second-order valence-corrected chi connectivity index (χ2v) is 8.14. The Bertz CT molecular complexity index is 574. The number of aliphatic hydroxyl groups is 1. The Kier molecular flexibility index (Phi) is 4.95. The molecule has 0 spiro atoms. The maximum Gasteiger partial charge on any atom is 0.246 e. The summed E-state index contributed by atoms with van der Waals surface area (Å²) < 4.78 is 32.1. The number of rotatable bonds is 4. The van der Waals surface area contributed by atoms with Gasteiger partial charge in [-0.3, -0.25) is 0 Å². The summed E-state index contributed by atoms with van der Waals surface area (Å²) >= 11 is 1.77. The lowest BCUT2D eigenvalue weighted by atomic mass is 10.2. The molecule has 112 valence electrons. The zero-order valence-corrected chi connectivity index (χ0v) is 13.2. The van der Waals surface area contributed by atoms with Gasteiger partial charge in [-0.1, -0.05) is 13.0 Å². The molecule has 2 rings (SSSR count). The van der Waals surface area contributed by atoms with E-state index in [0.29, 0.717) is 24.4 Å². The van der Waals surface area contributed by atoms with Gasteiger partial charge in [-0.25, -0.2) is 8.42 Å². The maximum atomic E-state index is 12.7. The maximum absolute atomic E-state index is 12.7. The lowest BCUT2D eigenvalue weighted by molar-refractivity contribution is 0.281. The molecule has 0 amide bonds. The molecule has 0 bridgehead atoms. The second kappa shape index (κ2) is 6.34. The largest absolute Gasteiger partial charge is 0.495 e. The van der Waals surface area contributed by atoms with E-state index in [4.69, 9.17) is 4.74 Å². The Hall–Kier alpha value is -0.760. The number of methoxy groups -OCH3 is 1. The van der Waals surface area contributed by atoms with Gasteiger partial charge in [0.2, 0.25) is 10.0 Å². The standard InChI is InChI=1S/C13H19NO4S2/c1-10-8-14(5-6-19-10)20(16,17)13-7-11(9-15)3-4-12(13)18-2/h3-4,7,10,15H,5-6,8-9H2,1-2H3. The first kappa shape index (κ1) is 15.6. The van der Waals surface area contributed by atoms with Crippen molar-refractivity contribution in [3.63, 3.8) is 0 Å². The van der Waals surface area contributed by atoms with Crippen LogP contribution < -0.4 is 4.74 Å². The highest BCUT2D eigenvalue weighted by molar-refractivity contribution is 8.00. The van der Waals surface area contributed by atoms with E-state index in [9.17, 15) is 13.5 Å². The van der Waals surface area contributed by atoms with Gasteiger partial charge < -0.3 is 9.84 Å². The molecule has 1 fully saturated rings. The number of hydrogen-bond acceptors (Lipinski definition) is 5. The number of nitrogens with zero attached hydrogens (tertiary/aromatic N) is 1. The van der Waals surface area contributed by atoms with E-state index >= 15 is 0 Å². The molecule has 7 heteroatoms. The molecule has 1 saturated heterocycles. The van der Waals surface area contributed by atoms with E-state index in [1.807, 2.05) is 6.92 Å². The Morgan fingerprint density at radius 2 is 2.25 bits per heavy atom. The Balaban J connectivity index is 2.42. The van der Waals surface area contributed by atoms with Crippen LogP contribution in [0.4, 0.5) is 0 Å². The van der Waals surface area contributed by atoms with E-state index in [1.165, 1.54) is 17.5 Å². The highest BCUT2D eigenvalue weighted by Gasteiger charge is 2.31. The average molecular weight is 317 g/mol. The topological polar surface area (TPSA) is 66.8 Å². The quantitative estimate of drug-likeness (QED) is 0.907. The SMILES string of the molecule is COc1ccc(CO)cc1S(=O)(=O)N1CCSC(C)C1. The van der Waals surface area contributed by atoms with Crippen molar-refractivity contribution >= 4 is 21.8 Å². The van der Waals surface area contributed by atoms with Gasteiger partial charge in [0.25, 0.3) is 0 Å². The molecule has 1 aliphatic rings. The smallest absolute Gasteiger partial charge is 0.246 e. The summed E-state index contributed by atoms with van der Waals surface area (Å²) in [4.78, 5) is 0.130. The minimum Gasteiger partial charge on any atom is -0.495 e. The van der Waals surface area contributed by atoms with Crippen LogP contribution in [0.3, 0.4) is 0 Å². The van der Waals surface area contributed by atoms with E-state index in [-0.39, 0.29) is 16.8 Å². The van der Waals surface area contributed by atoms with Gasteiger partial charge in [0.15, 0.2) is 0 Å². The molecule has 1 unspecified atom stereocenters. The summed E-state index contributed by atoms with van der Waals surface area (Å²) in [5.41, 5.74) is 0.559. The van der Waals surface area contributed by atoms with E-state index < -0.39 is 10.0 Å². The van der Waals surface area contributed by atoms with E-state index in [0.717, 1.165) is 5.75 Å². The monoisotopic (exact) mass is 317 g/mol. The Morgan fingerprint density at radius 1 is 1.50 bits per heavy atom. The highest BCUT2D eigenvalue weighted by Crippen LogP contribution is 2.30. The number of benzene rings is 1. The van der Waals surface area contributed by atoms with Crippen LogP contribution in [0.15, 0.2) is 23.1 Å². The Labute approximate surface area is 124 Å². The van der Waals surface area contributed by atoms with Crippen molar-refractivity contribution < 1.29 is 18.3 Å². The van der Waals surface area contributed by atoms with Crippen LogP contribution >= 0.6 is 11.8 Å². The highest BCUT2D eigenvalue weighted by atomic mass is 32.2. The van der Waals surface area contributed by atoms with Crippen LogP contribution in [0.25, 0.3) is 0 Å². The van der Waals surface area contributed by atoms with Gasteiger partial charge in [-0.2, -0.15) is 16.1 Å². The molecular weight excluding hydrogens is 298 g/mol. The molecule has 1 aliphatic heterocycles.